The van der Waals surface area contributed by atoms with Gasteiger partial charge in [-0.2, -0.15) is 0 Å². The number of carbonyl (C=O) groups is 2. The lowest BCUT2D eigenvalue weighted by Crippen LogP contribution is -2.38. The maximum Gasteiger partial charge on any atom is 0.227 e. The van der Waals surface area contributed by atoms with Gasteiger partial charge in [-0.3, -0.25) is 9.59 Å². The van der Waals surface area contributed by atoms with E-state index in [-0.39, 0.29) is 23.8 Å². The van der Waals surface area contributed by atoms with Crippen molar-refractivity contribution in [2.75, 3.05) is 11.4 Å². The fourth-order valence-electron chi connectivity index (χ4n) is 2.79. The van der Waals surface area contributed by atoms with Gasteiger partial charge in [0.25, 0.3) is 0 Å². The van der Waals surface area contributed by atoms with E-state index in [1.807, 2.05) is 38.1 Å². The van der Waals surface area contributed by atoms with Crippen LogP contribution in [0.15, 0.2) is 24.3 Å². The smallest absolute Gasteiger partial charge is 0.227 e. The van der Waals surface area contributed by atoms with E-state index in [1.54, 1.807) is 4.90 Å². The zero-order chi connectivity index (χ0) is 15.4. The van der Waals surface area contributed by atoms with Gasteiger partial charge in [0.05, 0.1) is 5.92 Å². The highest BCUT2D eigenvalue weighted by molar-refractivity contribution is 6.00. The molecule has 2 atom stereocenters. The average Bonchev–Trinajstić information content (AvgIpc) is 2.81. The number of hydrogen-bond acceptors (Lipinski definition) is 2. The molecule has 4 nitrogen and oxygen atoms in total. The average molecular weight is 288 g/mol. The van der Waals surface area contributed by atoms with E-state index in [0.717, 1.165) is 24.1 Å². The minimum Gasteiger partial charge on any atom is -0.353 e. The molecule has 0 radical (unpaired) electrons. The van der Waals surface area contributed by atoms with Gasteiger partial charge >= 0.3 is 0 Å². The predicted molar refractivity (Wildman–Crippen MR) is 84.2 cm³/mol. The number of amides is 2. The van der Waals surface area contributed by atoms with Gasteiger partial charge in [0.2, 0.25) is 11.8 Å². The van der Waals surface area contributed by atoms with Crippen molar-refractivity contribution in [1.29, 1.82) is 0 Å². The van der Waals surface area contributed by atoms with E-state index in [9.17, 15) is 9.59 Å². The van der Waals surface area contributed by atoms with Crippen molar-refractivity contribution in [1.82, 2.24) is 5.32 Å². The molecule has 0 saturated carbocycles. The van der Waals surface area contributed by atoms with Crippen LogP contribution in [-0.4, -0.2) is 24.4 Å². The van der Waals surface area contributed by atoms with Gasteiger partial charge in [-0.25, -0.2) is 0 Å². The first-order valence-corrected chi connectivity index (χ1v) is 7.68. The predicted octanol–water partition coefficient (Wildman–Crippen LogP) is 2.65. The second kappa shape index (κ2) is 6.74. The van der Waals surface area contributed by atoms with Crippen molar-refractivity contribution in [3.05, 3.63) is 29.8 Å². The summed E-state index contributed by atoms with van der Waals surface area (Å²) in [6.45, 7) is 6.59. The third-order valence-electron chi connectivity index (χ3n) is 3.92. The molecule has 1 saturated heterocycles. The van der Waals surface area contributed by atoms with Crippen LogP contribution in [-0.2, 0) is 9.59 Å². The number of nitrogens with zero attached hydrogens (tertiary/aromatic N) is 1. The number of carbonyl (C=O) groups excluding carboxylic acids is 2. The molecule has 1 aliphatic rings. The molecule has 0 unspecified atom stereocenters. The fourth-order valence-corrected chi connectivity index (χ4v) is 2.79. The molecule has 0 aliphatic carbocycles. The first-order chi connectivity index (χ1) is 10.0. The molecular formula is C17H24N2O2. The summed E-state index contributed by atoms with van der Waals surface area (Å²) in [7, 11) is 0. The van der Waals surface area contributed by atoms with Crippen LogP contribution in [0.4, 0.5) is 5.69 Å². The van der Waals surface area contributed by atoms with Crippen molar-refractivity contribution >= 4 is 17.5 Å². The molecule has 114 valence electrons. The van der Waals surface area contributed by atoms with E-state index in [1.165, 1.54) is 0 Å². The van der Waals surface area contributed by atoms with Crippen LogP contribution in [0.5, 0.6) is 0 Å². The van der Waals surface area contributed by atoms with Crippen molar-refractivity contribution in [3.63, 3.8) is 0 Å². The van der Waals surface area contributed by atoms with Gasteiger partial charge in [0, 0.05) is 24.7 Å². The van der Waals surface area contributed by atoms with E-state index in [2.05, 4.69) is 12.2 Å². The Balaban J connectivity index is 2.01. The molecule has 1 aromatic carbocycles. The summed E-state index contributed by atoms with van der Waals surface area (Å²) in [6.07, 6.45) is 2.31. The lowest BCUT2D eigenvalue weighted by molar-refractivity contribution is -0.126. The van der Waals surface area contributed by atoms with Crippen LogP contribution in [0.25, 0.3) is 0 Å². The second-order valence-electron chi connectivity index (χ2n) is 5.94. The van der Waals surface area contributed by atoms with Gasteiger partial charge in [-0.05, 0) is 38.0 Å². The highest BCUT2D eigenvalue weighted by Gasteiger charge is 2.35. The number of benzene rings is 1. The second-order valence-corrected chi connectivity index (χ2v) is 5.94. The van der Waals surface area contributed by atoms with Crippen LogP contribution >= 0.6 is 0 Å². The van der Waals surface area contributed by atoms with Crippen molar-refractivity contribution in [2.45, 2.75) is 46.1 Å². The third-order valence-corrected chi connectivity index (χ3v) is 3.92. The summed E-state index contributed by atoms with van der Waals surface area (Å²) in [5.74, 6) is -0.208. The third kappa shape index (κ3) is 3.84. The minimum atomic E-state index is -0.239. The number of nitrogens with one attached hydrogen (secondary N) is 1. The van der Waals surface area contributed by atoms with Crippen molar-refractivity contribution < 1.29 is 9.59 Å². The molecule has 0 aromatic heterocycles. The Kier molecular flexibility index (Phi) is 4.99. The molecule has 1 N–H and O–H groups in total. The number of anilines is 1. The van der Waals surface area contributed by atoms with Crippen LogP contribution in [0.3, 0.4) is 0 Å². The highest BCUT2D eigenvalue weighted by Crippen LogP contribution is 2.25. The molecule has 0 spiro atoms. The highest BCUT2D eigenvalue weighted by atomic mass is 16.2. The SMILES string of the molecule is CCC[C@@H](C)NC(=O)[C@@H]1CC(=O)N(c2cccc(C)c2)C1. The van der Waals surface area contributed by atoms with Crippen LogP contribution < -0.4 is 10.2 Å². The number of rotatable bonds is 5. The van der Waals surface area contributed by atoms with Gasteiger partial charge in [-0.1, -0.05) is 25.5 Å². The molecule has 21 heavy (non-hydrogen) atoms. The molecule has 1 aliphatic heterocycles. The summed E-state index contributed by atoms with van der Waals surface area (Å²) in [6, 6.07) is 8.02. The monoisotopic (exact) mass is 288 g/mol. The largest absolute Gasteiger partial charge is 0.353 e. The standard InChI is InChI=1S/C17H24N2O2/c1-4-6-13(3)18-17(21)14-10-16(20)19(11-14)15-8-5-7-12(2)9-15/h5,7-9,13-14H,4,6,10-11H2,1-3H3,(H,18,21)/t13-,14-/m1/s1. The van der Waals surface area contributed by atoms with Crippen LogP contribution in [0.1, 0.15) is 38.7 Å². The zero-order valence-electron chi connectivity index (χ0n) is 13.1. The topological polar surface area (TPSA) is 49.4 Å². The maximum absolute atomic E-state index is 12.2. The summed E-state index contributed by atoms with van der Waals surface area (Å²) in [4.78, 5) is 26.1. The Morgan fingerprint density at radius 2 is 2.24 bits per heavy atom. The summed E-state index contributed by atoms with van der Waals surface area (Å²) in [5.41, 5.74) is 2.00. The van der Waals surface area contributed by atoms with Crippen LogP contribution in [0, 0.1) is 12.8 Å². The lowest BCUT2D eigenvalue weighted by Gasteiger charge is -2.18. The molecule has 2 amide bonds. The Morgan fingerprint density at radius 1 is 1.48 bits per heavy atom. The quantitative estimate of drug-likeness (QED) is 0.905. The minimum absolute atomic E-state index is 0.000506. The number of aryl methyl sites for hydroxylation is 1. The molecule has 1 fully saturated rings. The van der Waals surface area contributed by atoms with Gasteiger partial charge in [0.1, 0.15) is 0 Å². The van der Waals surface area contributed by atoms with E-state index in [0.29, 0.717) is 13.0 Å². The van der Waals surface area contributed by atoms with Crippen molar-refractivity contribution in [3.8, 4) is 0 Å². The molecule has 1 heterocycles. The van der Waals surface area contributed by atoms with Gasteiger partial charge in [0.15, 0.2) is 0 Å². The molecular weight excluding hydrogens is 264 g/mol. The maximum atomic E-state index is 12.2. The van der Waals surface area contributed by atoms with E-state index < -0.39 is 0 Å². The first kappa shape index (κ1) is 15.5. The van der Waals surface area contributed by atoms with Gasteiger partial charge < -0.3 is 10.2 Å². The Labute approximate surface area is 126 Å². The normalized spacial score (nSPS) is 19.7. The Bertz CT molecular complexity index is 527. The summed E-state index contributed by atoms with van der Waals surface area (Å²) >= 11 is 0. The lowest BCUT2D eigenvalue weighted by atomic mass is 10.1. The van der Waals surface area contributed by atoms with Gasteiger partial charge in [-0.15, -0.1) is 0 Å². The summed E-state index contributed by atoms with van der Waals surface area (Å²) in [5, 5.41) is 3.01. The summed E-state index contributed by atoms with van der Waals surface area (Å²) < 4.78 is 0. The van der Waals surface area contributed by atoms with E-state index >= 15 is 0 Å². The molecule has 4 heteroatoms. The fraction of sp³-hybridized carbons (Fsp3) is 0.529. The molecule has 1 aromatic rings. The molecule has 0 bridgehead atoms. The van der Waals surface area contributed by atoms with E-state index in [4.69, 9.17) is 0 Å². The van der Waals surface area contributed by atoms with Crippen molar-refractivity contribution in [2.24, 2.45) is 5.92 Å². The van der Waals surface area contributed by atoms with Crippen LogP contribution in [0.2, 0.25) is 0 Å². The number of hydrogen-bond donors (Lipinski definition) is 1. The first-order valence-electron chi connectivity index (χ1n) is 7.68. The Hall–Kier alpha value is -1.84. The Morgan fingerprint density at radius 3 is 2.90 bits per heavy atom. The molecule has 2 rings (SSSR count). The zero-order valence-corrected chi connectivity index (χ0v) is 13.1.